The highest BCUT2D eigenvalue weighted by molar-refractivity contribution is 9.10. The molecule has 26 heavy (non-hydrogen) atoms. The molecule has 7 nitrogen and oxygen atoms in total. The summed E-state index contributed by atoms with van der Waals surface area (Å²) in [6.45, 7) is 1.71. The summed E-state index contributed by atoms with van der Waals surface area (Å²) in [5.74, 6) is 0.190. The highest BCUT2D eigenvalue weighted by atomic mass is 79.9. The molecule has 3 N–H and O–H groups in total. The number of hydrazine groups is 1. The number of amides is 2. The number of thiocarbonyl (C=S) groups is 1. The van der Waals surface area contributed by atoms with Crippen LogP contribution in [0.15, 0.2) is 51.6 Å². The quantitative estimate of drug-likeness (QED) is 0.378. The lowest BCUT2D eigenvalue weighted by molar-refractivity contribution is -0.123. The molecule has 0 spiro atoms. The average molecular weight is 438 g/mol. The number of nitrogens with one attached hydrogen (secondary N) is 3. The van der Waals surface area contributed by atoms with Crippen molar-refractivity contribution in [1.82, 2.24) is 16.2 Å². The van der Waals surface area contributed by atoms with Gasteiger partial charge in [0.1, 0.15) is 11.5 Å². The van der Waals surface area contributed by atoms with Gasteiger partial charge < -0.3 is 9.15 Å². The lowest BCUT2D eigenvalue weighted by Gasteiger charge is -2.11. The van der Waals surface area contributed by atoms with Crippen molar-refractivity contribution in [2.24, 2.45) is 0 Å². The molecule has 0 aliphatic carbocycles. The molecule has 0 aliphatic rings. The van der Waals surface area contributed by atoms with E-state index in [9.17, 15) is 9.59 Å². The zero-order valence-electron chi connectivity index (χ0n) is 13.7. The van der Waals surface area contributed by atoms with E-state index in [2.05, 4.69) is 32.1 Å². The molecular weight excluding hydrogens is 422 g/mol. The maximum Gasteiger partial charge on any atom is 0.276 e. The van der Waals surface area contributed by atoms with E-state index in [-0.39, 0.29) is 11.7 Å². The summed E-state index contributed by atoms with van der Waals surface area (Å²) in [5.41, 5.74) is 5.74. The van der Waals surface area contributed by atoms with Crippen LogP contribution in [0.1, 0.15) is 11.3 Å². The molecule has 2 aromatic rings. The van der Waals surface area contributed by atoms with E-state index in [4.69, 9.17) is 21.4 Å². The van der Waals surface area contributed by atoms with E-state index in [1.165, 1.54) is 18.4 Å². The van der Waals surface area contributed by atoms with Gasteiger partial charge in [-0.3, -0.25) is 25.8 Å². The van der Waals surface area contributed by atoms with Crippen molar-refractivity contribution in [2.75, 3.05) is 6.61 Å². The second-order valence-corrected chi connectivity index (χ2v) is 6.30. The number of carbonyl (C=O) groups is 2. The Morgan fingerprint density at radius 2 is 2.12 bits per heavy atom. The first kappa shape index (κ1) is 19.7. The van der Waals surface area contributed by atoms with Crippen LogP contribution < -0.4 is 20.9 Å². The normalized spacial score (nSPS) is 10.4. The third-order valence-corrected chi connectivity index (χ3v) is 4.09. The number of aryl methyl sites for hydroxylation is 1. The summed E-state index contributed by atoms with van der Waals surface area (Å²) in [6, 6.07) is 8.79. The minimum atomic E-state index is -0.463. The number of hydrogen-bond acceptors (Lipinski definition) is 5. The summed E-state index contributed by atoms with van der Waals surface area (Å²) in [7, 11) is 0. The number of carbonyl (C=O) groups excluding carboxylic acids is 2. The monoisotopic (exact) mass is 437 g/mol. The Hall–Kier alpha value is -2.65. The Morgan fingerprint density at radius 3 is 2.81 bits per heavy atom. The van der Waals surface area contributed by atoms with Crippen molar-refractivity contribution < 1.29 is 18.7 Å². The van der Waals surface area contributed by atoms with E-state index in [0.29, 0.717) is 11.5 Å². The predicted octanol–water partition coefficient (Wildman–Crippen LogP) is 2.46. The number of ether oxygens (including phenoxy) is 1. The average Bonchev–Trinajstić information content (AvgIpc) is 3.13. The van der Waals surface area contributed by atoms with Crippen LogP contribution in [0, 0.1) is 6.92 Å². The molecule has 0 unspecified atom stereocenters. The van der Waals surface area contributed by atoms with Crippen LogP contribution in [-0.2, 0) is 9.59 Å². The Balaban J connectivity index is 1.68. The van der Waals surface area contributed by atoms with Gasteiger partial charge in [0.05, 0.1) is 6.26 Å². The first-order chi connectivity index (χ1) is 12.4. The number of benzene rings is 1. The lowest BCUT2D eigenvalue weighted by Crippen LogP contribution is -2.49. The fraction of sp³-hybridized carbons (Fsp3) is 0.118. The van der Waals surface area contributed by atoms with Crippen LogP contribution in [0.5, 0.6) is 5.75 Å². The van der Waals surface area contributed by atoms with Crippen molar-refractivity contribution in [3.05, 3.63) is 58.5 Å². The number of rotatable bonds is 5. The van der Waals surface area contributed by atoms with Crippen molar-refractivity contribution in [3.63, 3.8) is 0 Å². The van der Waals surface area contributed by atoms with Crippen LogP contribution in [0.25, 0.3) is 6.08 Å². The van der Waals surface area contributed by atoms with Crippen LogP contribution >= 0.6 is 28.1 Å². The largest absolute Gasteiger partial charge is 0.484 e. The Kier molecular flexibility index (Phi) is 7.37. The molecule has 0 atom stereocenters. The van der Waals surface area contributed by atoms with Crippen LogP contribution in [0.4, 0.5) is 0 Å². The molecule has 9 heteroatoms. The first-order valence-corrected chi connectivity index (χ1v) is 8.64. The zero-order valence-corrected chi connectivity index (χ0v) is 16.1. The van der Waals surface area contributed by atoms with E-state index < -0.39 is 11.8 Å². The van der Waals surface area contributed by atoms with E-state index >= 15 is 0 Å². The third-order valence-electron chi connectivity index (χ3n) is 2.99. The summed E-state index contributed by atoms with van der Waals surface area (Å²) < 4.78 is 11.4. The maximum atomic E-state index is 11.7. The van der Waals surface area contributed by atoms with Gasteiger partial charge in [-0.15, -0.1) is 0 Å². The Morgan fingerprint density at radius 1 is 1.31 bits per heavy atom. The van der Waals surface area contributed by atoms with Gasteiger partial charge in [0.15, 0.2) is 11.7 Å². The fourth-order valence-electron chi connectivity index (χ4n) is 1.75. The van der Waals surface area contributed by atoms with Crippen molar-refractivity contribution in [3.8, 4) is 5.75 Å². The third kappa shape index (κ3) is 6.69. The minimum absolute atomic E-state index is 0.0491. The van der Waals surface area contributed by atoms with Gasteiger partial charge in [-0.25, -0.2) is 0 Å². The zero-order chi connectivity index (χ0) is 18.9. The van der Waals surface area contributed by atoms with E-state index in [1.807, 2.05) is 13.0 Å². The van der Waals surface area contributed by atoms with E-state index in [1.54, 1.807) is 24.3 Å². The van der Waals surface area contributed by atoms with Gasteiger partial charge >= 0.3 is 0 Å². The predicted molar refractivity (Wildman–Crippen MR) is 104 cm³/mol. The van der Waals surface area contributed by atoms with Gasteiger partial charge in [-0.1, -0.05) is 15.9 Å². The molecule has 136 valence electrons. The maximum absolute atomic E-state index is 11.7. The molecule has 0 bridgehead atoms. The van der Waals surface area contributed by atoms with Gasteiger partial charge in [-0.05, 0) is 61.1 Å². The highest BCUT2D eigenvalue weighted by Crippen LogP contribution is 2.21. The van der Waals surface area contributed by atoms with Crippen molar-refractivity contribution >= 4 is 51.2 Å². The molecule has 0 saturated carbocycles. The highest BCUT2D eigenvalue weighted by Gasteiger charge is 2.06. The Labute approximate surface area is 163 Å². The number of hydrogen-bond donors (Lipinski definition) is 3. The second kappa shape index (κ2) is 9.73. The standard InChI is InChI=1S/C17H16BrN3O4S/c1-11-9-13(4-6-14(11)18)25-10-16(23)20-21-17(26)19-15(22)7-5-12-3-2-8-24-12/h2-9H,10H2,1H3,(H,20,23)(H2,19,21,22,26)/b7-5+. The fourth-order valence-corrected chi connectivity index (χ4v) is 2.15. The summed E-state index contributed by atoms with van der Waals surface area (Å²) in [4.78, 5) is 23.4. The van der Waals surface area contributed by atoms with Gasteiger partial charge in [0.25, 0.3) is 5.91 Å². The topological polar surface area (TPSA) is 92.6 Å². The van der Waals surface area contributed by atoms with Gasteiger partial charge in [0, 0.05) is 10.5 Å². The molecule has 1 aromatic heterocycles. The van der Waals surface area contributed by atoms with Crippen LogP contribution in [0.3, 0.4) is 0 Å². The molecule has 0 fully saturated rings. The van der Waals surface area contributed by atoms with Crippen LogP contribution in [0.2, 0.25) is 0 Å². The van der Waals surface area contributed by atoms with Crippen molar-refractivity contribution in [1.29, 1.82) is 0 Å². The van der Waals surface area contributed by atoms with E-state index in [0.717, 1.165) is 10.0 Å². The number of furan rings is 1. The summed E-state index contributed by atoms with van der Waals surface area (Å²) >= 11 is 8.30. The SMILES string of the molecule is Cc1cc(OCC(=O)NNC(=S)NC(=O)/C=C/c2ccco2)ccc1Br. The number of halogens is 1. The molecule has 1 heterocycles. The summed E-state index contributed by atoms with van der Waals surface area (Å²) in [5, 5.41) is 2.33. The van der Waals surface area contributed by atoms with Crippen LogP contribution in [-0.4, -0.2) is 23.5 Å². The second-order valence-electron chi connectivity index (χ2n) is 5.04. The molecule has 0 radical (unpaired) electrons. The molecule has 1 aromatic carbocycles. The molecule has 0 aliphatic heterocycles. The minimum Gasteiger partial charge on any atom is -0.484 e. The lowest BCUT2D eigenvalue weighted by atomic mass is 10.2. The van der Waals surface area contributed by atoms with Crippen molar-refractivity contribution in [2.45, 2.75) is 6.92 Å². The molecule has 0 saturated heterocycles. The molecule has 2 rings (SSSR count). The summed E-state index contributed by atoms with van der Waals surface area (Å²) in [6.07, 6.45) is 4.25. The molecule has 2 amide bonds. The van der Waals surface area contributed by atoms with Gasteiger partial charge in [0.2, 0.25) is 5.91 Å². The molecular formula is C17H16BrN3O4S. The smallest absolute Gasteiger partial charge is 0.276 e. The first-order valence-electron chi connectivity index (χ1n) is 7.44. The Bertz CT molecular complexity index is 821. The van der Waals surface area contributed by atoms with Gasteiger partial charge in [-0.2, -0.15) is 0 Å².